The molecule has 0 bridgehead atoms. The second-order valence-corrected chi connectivity index (χ2v) is 8.94. The minimum atomic E-state index is -0.0476. The van der Waals surface area contributed by atoms with Crippen LogP contribution in [-0.2, 0) is 25.5 Å². The molecule has 0 saturated carbocycles. The van der Waals surface area contributed by atoms with E-state index < -0.39 is 0 Å². The standard InChI is InChI=1S/C24H36N4O4/c1-2-19-5-3-4-6-21(19)25-22(29)17-27-11-13-28(14-12-27)23(30)18-26-9-7-20(8-10-26)24-31-15-16-32-24/h3-6,20,24H,2,7-18H2,1H3,(H,25,29). The number of para-hydroxylation sites is 1. The van der Waals surface area contributed by atoms with Crippen molar-refractivity contribution in [3.05, 3.63) is 29.8 Å². The van der Waals surface area contributed by atoms with Crippen molar-refractivity contribution in [2.24, 2.45) is 5.92 Å². The molecule has 0 aliphatic carbocycles. The van der Waals surface area contributed by atoms with Gasteiger partial charge in [0.25, 0.3) is 0 Å². The molecule has 3 heterocycles. The van der Waals surface area contributed by atoms with Gasteiger partial charge < -0.3 is 19.7 Å². The van der Waals surface area contributed by atoms with Gasteiger partial charge in [-0.2, -0.15) is 0 Å². The van der Waals surface area contributed by atoms with Crippen LogP contribution in [0.5, 0.6) is 0 Å². The summed E-state index contributed by atoms with van der Waals surface area (Å²) in [7, 11) is 0. The maximum Gasteiger partial charge on any atom is 0.238 e. The third-order valence-corrected chi connectivity index (χ3v) is 6.79. The van der Waals surface area contributed by atoms with E-state index in [9.17, 15) is 9.59 Å². The summed E-state index contributed by atoms with van der Waals surface area (Å²) >= 11 is 0. The summed E-state index contributed by atoms with van der Waals surface area (Å²) < 4.78 is 11.3. The molecule has 3 saturated heterocycles. The van der Waals surface area contributed by atoms with E-state index in [0.29, 0.717) is 45.3 Å². The summed E-state index contributed by atoms with van der Waals surface area (Å²) in [5.74, 6) is 0.643. The zero-order valence-electron chi connectivity index (χ0n) is 19.1. The average Bonchev–Trinajstić information content (AvgIpc) is 3.35. The first kappa shape index (κ1) is 23.2. The number of hydrogen-bond donors (Lipinski definition) is 1. The summed E-state index contributed by atoms with van der Waals surface area (Å²) in [6.45, 7) is 8.97. The average molecular weight is 445 g/mol. The summed E-state index contributed by atoms with van der Waals surface area (Å²) in [5, 5.41) is 3.03. The number of piperazine rings is 1. The fourth-order valence-electron chi connectivity index (χ4n) is 4.82. The minimum absolute atomic E-state index is 0.00349. The van der Waals surface area contributed by atoms with Crippen molar-refractivity contribution in [2.75, 3.05) is 70.9 Å². The first-order valence-corrected chi connectivity index (χ1v) is 12.0. The molecule has 176 valence electrons. The Labute approximate surface area is 190 Å². The first-order valence-electron chi connectivity index (χ1n) is 12.0. The van der Waals surface area contributed by atoms with E-state index in [1.54, 1.807) is 0 Å². The lowest BCUT2D eigenvalue weighted by Gasteiger charge is -2.37. The predicted molar refractivity (Wildman–Crippen MR) is 122 cm³/mol. The zero-order valence-corrected chi connectivity index (χ0v) is 19.1. The van der Waals surface area contributed by atoms with E-state index in [-0.39, 0.29) is 18.1 Å². The zero-order chi connectivity index (χ0) is 22.3. The van der Waals surface area contributed by atoms with Gasteiger partial charge in [0.15, 0.2) is 6.29 Å². The van der Waals surface area contributed by atoms with E-state index in [0.717, 1.165) is 56.7 Å². The molecule has 1 aromatic rings. The van der Waals surface area contributed by atoms with Crippen LogP contribution in [0.1, 0.15) is 25.3 Å². The second-order valence-electron chi connectivity index (χ2n) is 8.94. The summed E-state index contributed by atoms with van der Waals surface area (Å²) in [6, 6.07) is 7.92. The topological polar surface area (TPSA) is 74.4 Å². The van der Waals surface area contributed by atoms with Crippen molar-refractivity contribution >= 4 is 17.5 Å². The van der Waals surface area contributed by atoms with Gasteiger partial charge in [-0.05, 0) is 44.0 Å². The lowest BCUT2D eigenvalue weighted by atomic mass is 9.96. The van der Waals surface area contributed by atoms with Crippen molar-refractivity contribution < 1.29 is 19.1 Å². The van der Waals surface area contributed by atoms with Crippen LogP contribution in [-0.4, -0.2) is 98.4 Å². The number of ether oxygens (including phenoxy) is 2. The van der Waals surface area contributed by atoms with Crippen molar-refractivity contribution in [3.63, 3.8) is 0 Å². The second kappa shape index (κ2) is 11.2. The van der Waals surface area contributed by atoms with Crippen molar-refractivity contribution in [3.8, 4) is 0 Å². The van der Waals surface area contributed by atoms with Gasteiger partial charge in [0.1, 0.15) is 0 Å². The molecule has 3 aliphatic heterocycles. The molecule has 8 nitrogen and oxygen atoms in total. The number of anilines is 1. The fraction of sp³-hybridized carbons (Fsp3) is 0.667. The number of nitrogens with one attached hydrogen (secondary N) is 1. The van der Waals surface area contributed by atoms with E-state index in [1.807, 2.05) is 29.2 Å². The number of carbonyl (C=O) groups excluding carboxylic acids is 2. The molecule has 3 fully saturated rings. The normalized spacial score (nSPS) is 21.7. The third-order valence-electron chi connectivity index (χ3n) is 6.79. The monoisotopic (exact) mass is 444 g/mol. The molecule has 0 unspecified atom stereocenters. The van der Waals surface area contributed by atoms with Crippen LogP contribution in [0.3, 0.4) is 0 Å². The van der Waals surface area contributed by atoms with Crippen LogP contribution in [0, 0.1) is 5.92 Å². The van der Waals surface area contributed by atoms with Crippen LogP contribution in [0.25, 0.3) is 0 Å². The van der Waals surface area contributed by atoms with Crippen LogP contribution >= 0.6 is 0 Å². The lowest BCUT2D eigenvalue weighted by Crippen LogP contribution is -2.53. The Morgan fingerprint density at radius 3 is 2.28 bits per heavy atom. The molecule has 4 rings (SSSR count). The molecule has 0 radical (unpaired) electrons. The van der Waals surface area contributed by atoms with Crippen LogP contribution in [0.2, 0.25) is 0 Å². The van der Waals surface area contributed by atoms with Crippen LogP contribution < -0.4 is 5.32 Å². The number of rotatable bonds is 7. The van der Waals surface area contributed by atoms with E-state index in [1.165, 1.54) is 0 Å². The molecule has 32 heavy (non-hydrogen) atoms. The third kappa shape index (κ3) is 6.07. The quantitative estimate of drug-likeness (QED) is 0.686. The maximum absolute atomic E-state index is 12.8. The molecule has 2 amide bonds. The number of carbonyl (C=O) groups is 2. The van der Waals surface area contributed by atoms with Gasteiger partial charge in [-0.1, -0.05) is 25.1 Å². The van der Waals surface area contributed by atoms with Gasteiger partial charge in [-0.15, -0.1) is 0 Å². The van der Waals surface area contributed by atoms with E-state index >= 15 is 0 Å². The molecular formula is C24H36N4O4. The number of benzene rings is 1. The van der Waals surface area contributed by atoms with E-state index in [4.69, 9.17) is 9.47 Å². The van der Waals surface area contributed by atoms with Gasteiger partial charge >= 0.3 is 0 Å². The number of aryl methyl sites for hydroxylation is 1. The highest BCUT2D eigenvalue weighted by atomic mass is 16.7. The molecule has 0 atom stereocenters. The van der Waals surface area contributed by atoms with Crippen LogP contribution in [0.15, 0.2) is 24.3 Å². The van der Waals surface area contributed by atoms with Crippen molar-refractivity contribution in [1.82, 2.24) is 14.7 Å². The molecule has 3 aliphatic rings. The number of piperidine rings is 1. The number of nitrogens with zero attached hydrogens (tertiary/aromatic N) is 3. The van der Waals surface area contributed by atoms with Crippen molar-refractivity contribution in [2.45, 2.75) is 32.5 Å². The lowest BCUT2D eigenvalue weighted by molar-refractivity contribution is -0.135. The summed E-state index contributed by atoms with van der Waals surface area (Å²) in [5.41, 5.74) is 2.03. The number of likely N-dealkylation sites (tertiary alicyclic amines) is 1. The smallest absolute Gasteiger partial charge is 0.238 e. The van der Waals surface area contributed by atoms with Gasteiger partial charge in [0.05, 0.1) is 26.3 Å². The van der Waals surface area contributed by atoms with Gasteiger partial charge in [-0.3, -0.25) is 19.4 Å². The van der Waals surface area contributed by atoms with Crippen LogP contribution in [0.4, 0.5) is 5.69 Å². The SMILES string of the molecule is CCc1ccccc1NC(=O)CN1CCN(C(=O)CN2CCC(C3OCCO3)CC2)CC1. The number of amides is 2. The Morgan fingerprint density at radius 2 is 1.59 bits per heavy atom. The molecule has 1 N–H and O–H groups in total. The highest BCUT2D eigenvalue weighted by molar-refractivity contribution is 5.93. The Morgan fingerprint density at radius 1 is 0.938 bits per heavy atom. The largest absolute Gasteiger partial charge is 0.350 e. The molecular weight excluding hydrogens is 408 g/mol. The summed E-state index contributed by atoms with van der Waals surface area (Å²) in [6.07, 6.45) is 2.87. The maximum atomic E-state index is 12.8. The first-order chi connectivity index (χ1) is 15.6. The van der Waals surface area contributed by atoms with Gasteiger partial charge in [0.2, 0.25) is 11.8 Å². The Balaban J connectivity index is 1.15. The van der Waals surface area contributed by atoms with Crippen molar-refractivity contribution in [1.29, 1.82) is 0 Å². The van der Waals surface area contributed by atoms with Gasteiger partial charge in [-0.25, -0.2) is 0 Å². The molecule has 0 spiro atoms. The molecule has 8 heteroatoms. The fourth-order valence-corrected chi connectivity index (χ4v) is 4.82. The van der Waals surface area contributed by atoms with Gasteiger partial charge in [0, 0.05) is 37.8 Å². The minimum Gasteiger partial charge on any atom is -0.350 e. The molecule has 1 aromatic carbocycles. The molecule has 0 aromatic heterocycles. The summed E-state index contributed by atoms with van der Waals surface area (Å²) in [4.78, 5) is 31.6. The van der Waals surface area contributed by atoms with E-state index in [2.05, 4.69) is 22.0 Å². The predicted octanol–water partition coefficient (Wildman–Crippen LogP) is 1.42. The Bertz CT molecular complexity index is 767. The highest BCUT2D eigenvalue weighted by Crippen LogP contribution is 2.25. The number of hydrogen-bond acceptors (Lipinski definition) is 6. The Kier molecular flexibility index (Phi) is 8.13. The Hall–Kier alpha value is -2.00. The highest BCUT2D eigenvalue weighted by Gasteiger charge is 2.31.